The lowest BCUT2D eigenvalue weighted by molar-refractivity contribution is -0.118. The van der Waals surface area contributed by atoms with Crippen LogP contribution in [0.15, 0.2) is 6.07 Å². The summed E-state index contributed by atoms with van der Waals surface area (Å²) in [5.74, 6) is -1.81. The molecule has 1 heterocycles. The van der Waals surface area contributed by atoms with E-state index in [0.717, 1.165) is 6.07 Å². The van der Waals surface area contributed by atoms with E-state index in [0.29, 0.717) is 32.4 Å². The van der Waals surface area contributed by atoms with Gasteiger partial charge in [0.15, 0.2) is 23.3 Å². The number of primary amides is 1. The van der Waals surface area contributed by atoms with Crippen LogP contribution in [0.5, 0.6) is 0 Å². The number of nitrogens with two attached hydrogens (primary N) is 1. The van der Waals surface area contributed by atoms with Gasteiger partial charge in [-0.2, -0.15) is 0 Å². The summed E-state index contributed by atoms with van der Waals surface area (Å²) in [5.41, 5.74) is 5.00. The van der Waals surface area contributed by atoms with E-state index in [2.05, 4.69) is 15.6 Å². The maximum absolute atomic E-state index is 13.4. The van der Waals surface area contributed by atoms with Crippen LogP contribution in [-0.4, -0.2) is 24.0 Å². The number of unbranched alkanes of at least 4 members (excludes halogenated alkanes) is 1. The maximum atomic E-state index is 13.4. The Morgan fingerprint density at radius 3 is 2.47 bits per heavy atom. The molecular formula is C12H18F2N4O. The normalized spacial score (nSPS) is 10.3. The molecule has 0 aliphatic carbocycles. The van der Waals surface area contributed by atoms with E-state index in [9.17, 15) is 13.6 Å². The zero-order chi connectivity index (χ0) is 14.3. The highest BCUT2D eigenvalue weighted by atomic mass is 19.1. The van der Waals surface area contributed by atoms with E-state index in [1.165, 1.54) is 0 Å². The van der Waals surface area contributed by atoms with Crippen molar-refractivity contribution in [2.45, 2.75) is 26.2 Å². The Bertz CT molecular complexity index is 440. The summed E-state index contributed by atoms with van der Waals surface area (Å²) in [6, 6.07) is 0.788. The average Bonchev–Trinajstić information content (AvgIpc) is 2.33. The second kappa shape index (κ2) is 7.50. The molecule has 106 valence electrons. The molecule has 0 bridgehead atoms. The molecular weight excluding hydrogens is 254 g/mol. The van der Waals surface area contributed by atoms with E-state index in [4.69, 9.17) is 5.73 Å². The van der Waals surface area contributed by atoms with Crippen LogP contribution < -0.4 is 16.4 Å². The fourth-order valence-electron chi connectivity index (χ4n) is 1.51. The largest absolute Gasteiger partial charge is 0.370 e. The first-order chi connectivity index (χ1) is 9.04. The van der Waals surface area contributed by atoms with Crippen LogP contribution in [0.25, 0.3) is 0 Å². The molecule has 0 radical (unpaired) electrons. The molecule has 0 atom stereocenters. The van der Waals surface area contributed by atoms with Gasteiger partial charge in [0.1, 0.15) is 0 Å². The highest BCUT2D eigenvalue weighted by Gasteiger charge is 2.10. The highest BCUT2D eigenvalue weighted by Crippen LogP contribution is 2.18. The smallest absolute Gasteiger partial charge is 0.217 e. The zero-order valence-electron chi connectivity index (χ0n) is 10.8. The fourth-order valence-corrected chi connectivity index (χ4v) is 1.51. The number of nitrogens with zero attached hydrogens (tertiary/aromatic N) is 1. The summed E-state index contributed by atoms with van der Waals surface area (Å²) in [7, 11) is 0. The monoisotopic (exact) mass is 272 g/mol. The van der Waals surface area contributed by atoms with Crippen molar-refractivity contribution in [2.24, 2.45) is 5.73 Å². The molecule has 5 nitrogen and oxygen atoms in total. The van der Waals surface area contributed by atoms with Crippen LogP contribution >= 0.6 is 0 Å². The molecule has 0 saturated heterocycles. The van der Waals surface area contributed by atoms with Gasteiger partial charge in [0.25, 0.3) is 0 Å². The second-order valence-corrected chi connectivity index (χ2v) is 4.03. The molecule has 1 rings (SSSR count). The van der Waals surface area contributed by atoms with Crippen molar-refractivity contribution in [1.29, 1.82) is 0 Å². The van der Waals surface area contributed by atoms with Crippen LogP contribution in [0.2, 0.25) is 0 Å². The summed E-state index contributed by atoms with van der Waals surface area (Å²) < 4.78 is 26.7. The van der Waals surface area contributed by atoms with Crippen molar-refractivity contribution in [3.8, 4) is 0 Å². The SMILES string of the molecule is CCNc1nc(NCCCCC(N)=O)c(F)cc1F. The van der Waals surface area contributed by atoms with E-state index in [-0.39, 0.29) is 17.5 Å². The molecule has 4 N–H and O–H groups in total. The van der Waals surface area contributed by atoms with Crippen molar-refractivity contribution < 1.29 is 13.6 Å². The summed E-state index contributed by atoms with van der Waals surface area (Å²) in [5, 5.41) is 5.47. The van der Waals surface area contributed by atoms with Gasteiger partial charge in [0.05, 0.1) is 0 Å². The van der Waals surface area contributed by atoms with Gasteiger partial charge in [0.2, 0.25) is 5.91 Å². The number of pyridine rings is 1. The van der Waals surface area contributed by atoms with Crippen molar-refractivity contribution in [2.75, 3.05) is 23.7 Å². The number of rotatable bonds is 8. The minimum atomic E-state index is -0.742. The Labute approximate surface area is 110 Å². The van der Waals surface area contributed by atoms with Crippen LogP contribution in [0.1, 0.15) is 26.2 Å². The third-order valence-electron chi connectivity index (χ3n) is 2.42. The molecule has 1 aromatic rings. The third-order valence-corrected chi connectivity index (χ3v) is 2.42. The number of anilines is 2. The number of carbonyl (C=O) groups is 1. The first-order valence-electron chi connectivity index (χ1n) is 6.16. The quantitative estimate of drug-likeness (QED) is 0.631. The first-order valence-corrected chi connectivity index (χ1v) is 6.16. The van der Waals surface area contributed by atoms with E-state index >= 15 is 0 Å². The van der Waals surface area contributed by atoms with Crippen LogP contribution in [0, 0.1) is 11.6 Å². The average molecular weight is 272 g/mol. The lowest BCUT2D eigenvalue weighted by Crippen LogP contribution is -2.12. The molecule has 0 aliphatic heterocycles. The highest BCUT2D eigenvalue weighted by molar-refractivity contribution is 5.73. The van der Waals surface area contributed by atoms with Crippen LogP contribution in [0.3, 0.4) is 0 Å². The van der Waals surface area contributed by atoms with Gasteiger partial charge in [0, 0.05) is 25.6 Å². The number of halogens is 2. The fraction of sp³-hybridized carbons (Fsp3) is 0.500. The van der Waals surface area contributed by atoms with Crippen molar-refractivity contribution in [1.82, 2.24) is 4.98 Å². The molecule has 0 aliphatic rings. The Hall–Kier alpha value is -1.92. The van der Waals surface area contributed by atoms with Gasteiger partial charge in [-0.05, 0) is 19.8 Å². The van der Waals surface area contributed by atoms with E-state index < -0.39 is 11.6 Å². The molecule has 0 aromatic carbocycles. The lowest BCUT2D eigenvalue weighted by atomic mass is 10.2. The standard InChI is InChI=1S/C12H18F2N4O/c1-2-16-11-8(13)7-9(14)12(18-11)17-6-4-3-5-10(15)19/h7H,2-6H2,1H3,(H2,15,19)(H2,16,17,18). The minimum absolute atomic E-state index is 0.00331. The minimum Gasteiger partial charge on any atom is -0.370 e. The second-order valence-electron chi connectivity index (χ2n) is 4.03. The molecule has 0 unspecified atom stereocenters. The zero-order valence-corrected chi connectivity index (χ0v) is 10.8. The molecule has 1 amide bonds. The maximum Gasteiger partial charge on any atom is 0.217 e. The Morgan fingerprint density at radius 1 is 1.26 bits per heavy atom. The summed E-state index contributed by atoms with van der Waals surface area (Å²) in [4.78, 5) is 14.4. The predicted molar refractivity (Wildman–Crippen MR) is 69.9 cm³/mol. The van der Waals surface area contributed by atoms with Crippen molar-refractivity contribution in [3.05, 3.63) is 17.7 Å². The Balaban J connectivity index is 2.52. The lowest BCUT2D eigenvalue weighted by Gasteiger charge is -2.10. The molecule has 0 fully saturated rings. The van der Waals surface area contributed by atoms with Gasteiger partial charge in [-0.25, -0.2) is 13.8 Å². The number of hydrogen-bond acceptors (Lipinski definition) is 4. The first kappa shape index (κ1) is 15.1. The van der Waals surface area contributed by atoms with Crippen molar-refractivity contribution >= 4 is 17.5 Å². The van der Waals surface area contributed by atoms with Gasteiger partial charge in [-0.15, -0.1) is 0 Å². The third kappa shape index (κ3) is 5.07. The summed E-state index contributed by atoms with van der Waals surface area (Å²) in [6.45, 7) is 2.73. The van der Waals surface area contributed by atoms with Gasteiger partial charge < -0.3 is 16.4 Å². The Morgan fingerprint density at radius 2 is 1.89 bits per heavy atom. The molecule has 1 aromatic heterocycles. The number of aromatic nitrogens is 1. The van der Waals surface area contributed by atoms with Gasteiger partial charge >= 0.3 is 0 Å². The van der Waals surface area contributed by atoms with Crippen molar-refractivity contribution in [3.63, 3.8) is 0 Å². The Kier molecular flexibility index (Phi) is 5.98. The number of carbonyl (C=O) groups excluding carboxylic acids is 1. The van der Waals surface area contributed by atoms with Crippen LogP contribution in [-0.2, 0) is 4.79 Å². The molecule has 0 saturated carbocycles. The number of amides is 1. The molecule has 19 heavy (non-hydrogen) atoms. The predicted octanol–water partition coefficient (Wildman–Crippen LogP) is 1.86. The summed E-state index contributed by atoms with van der Waals surface area (Å²) >= 11 is 0. The van der Waals surface area contributed by atoms with Gasteiger partial charge in [-0.3, -0.25) is 4.79 Å². The molecule has 7 heteroatoms. The van der Waals surface area contributed by atoms with E-state index in [1.807, 2.05) is 0 Å². The topological polar surface area (TPSA) is 80.0 Å². The number of nitrogens with one attached hydrogen (secondary N) is 2. The summed E-state index contributed by atoms with van der Waals surface area (Å²) in [6.07, 6.45) is 1.56. The van der Waals surface area contributed by atoms with Gasteiger partial charge in [-0.1, -0.05) is 0 Å². The molecule has 0 spiro atoms. The number of hydrogen-bond donors (Lipinski definition) is 3. The van der Waals surface area contributed by atoms with E-state index in [1.54, 1.807) is 6.92 Å². The van der Waals surface area contributed by atoms with Crippen LogP contribution in [0.4, 0.5) is 20.4 Å².